The van der Waals surface area contributed by atoms with Crippen LogP contribution in [0.2, 0.25) is 5.02 Å². The Morgan fingerprint density at radius 1 is 1.25 bits per heavy atom. The van der Waals surface area contributed by atoms with Crippen molar-refractivity contribution < 1.29 is 14.1 Å². The predicted octanol–water partition coefficient (Wildman–Crippen LogP) is 4.05. The summed E-state index contributed by atoms with van der Waals surface area (Å²) >= 11 is 5.73. The first-order valence-corrected chi connectivity index (χ1v) is 5.70. The fourth-order valence-corrected chi connectivity index (χ4v) is 1.69. The third-order valence-corrected chi connectivity index (χ3v) is 2.64. The smallest absolute Gasteiger partial charge is 0.311 e. The zero-order valence-corrected chi connectivity index (χ0v) is 10.6. The topological polar surface area (TPSA) is 76.2 Å². The molecule has 0 aromatic heterocycles. The van der Waals surface area contributed by atoms with Crippen molar-refractivity contribution in [3.63, 3.8) is 0 Å². The first kappa shape index (κ1) is 13.8. The lowest BCUT2D eigenvalue weighted by Crippen LogP contribution is -1.95. The molecule has 100 valence electrons. The quantitative estimate of drug-likeness (QED) is 0.631. The first-order valence-electron chi connectivity index (χ1n) is 5.32. The molecule has 0 saturated carbocycles. The van der Waals surface area contributed by atoms with Crippen LogP contribution in [0, 0.1) is 27.3 Å². The fourth-order valence-electron chi connectivity index (χ4n) is 1.52. The Balaban J connectivity index is 2.47. The van der Waals surface area contributed by atoms with Crippen molar-refractivity contribution in [2.24, 2.45) is 0 Å². The van der Waals surface area contributed by atoms with Crippen molar-refractivity contribution in [1.29, 1.82) is 5.26 Å². The molecule has 0 N–H and O–H groups in total. The molecule has 7 heteroatoms. The molecule has 0 fully saturated rings. The van der Waals surface area contributed by atoms with Gasteiger partial charge in [-0.05, 0) is 24.3 Å². The van der Waals surface area contributed by atoms with Gasteiger partial charge in [0.15, 0.2) is 0 Å². The van der Waals surface area contributed by atoms with Crippen molar-refractivity contribution in [2.75, 3.05) is 0 Å². The largest absolute Gasteiger partial charge is 0.449 e. The number of halogens is 2. The minimum Gasteiger partial charge on any atom is -0.449 e. The number of nitriles is 1. The summed E-state index contributed by atoms with van der Waals surface area (Å²) in [7, 11) is 0. The number of rotatable bonds is 3. The van der Waals surface area contributed by atoms with Crippen LogP contribution < -0.4 is 4.74 Å². The highest BCUT2D eigenvalue weighted by Gasteiger charge is 2.18. The molecule has 2 rings (SSSR count). The maximum atomic E-state index is 13.2. The molecule has 0 radical (unpaired) electrons. The van der Waals surface area contributed by atoms with Crippen LogP contribution in [-0.2, 0) is 0 Å². The van der Waals surface area contributed by atoms with E-state index in [4.69, 9.17) is 21.6 Å². The standard InChI is InChI=1S/C13H6ClFN2O3/c14-9-1-4-12(8(5-9)7-16)20-13-6-10(15)2-3-11(13)17(18)19/h1-6H. The molecule has 0 aliphatic carbocycles. The lowest BCUT2D eigenvalue weighted by atomic mass is 10.2. The zero-order chi connectivity index (χ0) is 14.7. The Kier molecular flexibility index (Phi) is 3.82. The number of hydrogen-bond acceptors (Lipinski definition) is 4. The van der Waals surface area contributed by atoms with Crippen LogP contribution in [0.15, 0.2) is 36.4 Å². The Hall–Kier alpha value is -2.65. The van der Waals surface area contributed by atoms with Gasteiger partial charge in [0, 0.05) is 17.2 Å². The second-order valence-corrected chi connectivity index (χ2v) is 4.16. The van der Waals surface area contributed by atoms with Gasteiger partial charge in [-0.15, -0.1) is 0 Å². The molecular weight excluding hydrogens is 287 g/mol. The number of ether oxygens (including phenoxy) is 1. The second-order valence-electron chi connectivity index (χ2n) is 3.72. The Morgan fingerprint density at radius 2 is 2.00 bits per heavy atom. The van der Waals surface area contributed by atoms with Gasteiger partial charge < -0.3 is 4.74 Å². The van der Waals surface area contributed by atoms with Crippen LogP contribution in [0.4, 0.5) is 10.1 Å². The maximum absolute atomic E-state index is 13.2. The summed E-state index contributed by atoms with van der Waals surface area (Å²) in [5.74, 6) is -0.905. The molecule has 0 atom stereocenters. The summed E-state index contributed by atoms with van der Waals surface area (Å²) in [5, 5.41) is 20.1. The molecule has 20 heavy (non-hydrogen) atoms. The number of benzene rings is 2. The van der Waals surface area contributed by atoms with Crippen LogP contribution in [0.3, 0.4) is 0 Å². The van der Waals surface area contributed by atoms with Crippen LogP contribution in [0.1, 0.15) is 5.56 Å². The van der Waals surface area contributed by atoms with E-state index in [1.807, 2.05) is 6.07 Å². The van der Waals surface area contributed by atoms with Crippen LogP contribution in [-0.4, -0.2) is 4.92 Å². The van der Waals surface area contributed by atoms with Crippen molar-refractivity contribution >= 4 is 17.3 Å². The second kappa shape index (κ2) is 5.55. The molecule has 0 aliphatic heterocycles. The van der Waals surface area contributed by atoms with Crippen LogP contribution >= 0.6 is 11.6 Å². The average molecular weight is 293 g/mol. The van der Waals surface area contributed by atoms with E-state index >= 15 is 0 Å². The summed E-state index contributed by atoms with van der Waals surface area (Å²) in [6.45, 7) is 0. The Morgan fingerprint density at radius 3 is 2.65 bits per heavy atom. The van der Waals surface area contributed by atoms with Gasteiger partial charge in [0.1, 0.15) is 17.6 Å². The highest BCUT2D eigenvalue weighted by molar-refractivity contribution is 6.30. The van der Waals surface area contributed by atoms with E-state index in [1.165, 1.54) is 18.2 Å². The van der Waals surface area contributed by atoms with Gasteiger partial charge in [-0.2, -0.15) is 5.26 Å². The number of hydrogen-bond donors (Lipinski definition) is 0. The third-order valence-electron chi connectivity index (χ3n) is 2.40. The SMILES string of the molecule is N#Cc1cc(Cl)ccc1Oc1cc(F)ccc1[N+](=O)[O-]. The lowest BCUT2D eigenvalue weighted by Gasteiger charge is -2.08. The van der Waals surface area contributed by atoms with Crippen molar-refractivity contribution in [1.82, 2.24) is 0 Å². The van der Waals surface area contributed by atoms with E-state index in [2.05, 4.69) is 0 Å². The predicted molar refractivity (Wildman–Crippen MR) is 69.3 cm³/mol. The number of nitrogens with zero attached hydrogens (tertiary/aromatic N) is 2. The van der Waals surface area contributed by atoms with E-state index in [1.54, 1.807) is 0 Å². The van der Waals surface area contributed by atoms with Crippen LogP contribution in [0.5, 0.6) is 11.5 Å². The maximum Gasteiger partial charge on any atom is 0.311 e. The monoisotopic (exact) mass is 292 g/mol. The Bertz CT molecular complexity index is 728. The summed E-state index contributed by atoms with van der Waals surface area (Å²) < 4.78 is 18.4. The molecule has 5 nitrogen and oxygen atoms in total. The van der Waals surface area contributed by atoms with E-state index in [0.29, 0.717) is 5.02 Å². The first-order chi connectivity index (χ1) is 9.51. The summed E-state index contributed by atoms with van der Waals surface area (Å²) in [5.41, 5.74) is -0.304. The van der Waals surface area contributed by atoms with Crippen LogP contribution in [0.25, 0.3) is 0 Å². The van der Waals surface area contributed by atoms with Crippen molar-refractivity contribution in [3.05, 3.63) is 62.9 Å². The molecule has 0 aliphatic rings. The molecule has 2 aromatic carbocycles. The fraction of sp³-hybridized carbons (Fsp3) is 0. The molecule has 0 saturated heterocycles. The average Bonchev–Trinajstić information content (AvgIpc) is 2.40. The van der Waals surface area contributed by atoms with Gasteiger partial charge in [-0.1, -0.05) is 11.6 Å². The highest BCUT2D eigenvalue weighted by Crippen LogP contribution is 2.34. The van der Waals surface area contributed by atoms with Crippen molar-refractivity contribution in [3.8, 4) is 17.6 Å². The molecule has 2 aromatic rings. The zero-order valence-electron chi connectivity index (χ0n) is 9.84. The van der Waals surface area contributed by atoms with Gasteiger partial charge >= 0.3 is 5.69 Å². The minimum absolute atomic E-state index is 0.0607. The normalized spacial score (nSPS) is 9.85. The summed E-state index contributed by atoms with van der Waals surface area (Å²) in [4.78, 5) is 10.2. The molecule has 0 amide bonds. The molecule has 0 bridgehead atoms. The van der Waals surface area contributed by atoms with E-state index in [0.717, 1.165) is 18.2 Å². The summed E-state index contributed by atoms with van der Waals surface area (Å²) in [6, 6.07) is 8.87. The Labute approximate surface area is 117 Å². The van der Waals surface area contributed by atoms with E-state index in [9.17, 15) is 14.5 Å². The van der Waals surface area contributed by atoms with E-state index in [-0.39, 0.29) is 17.1 Å². The molecule has 0 unspecified atom stereocenters. The molecular formula is C13H6ClFN2O3. The lowest BCUT2D eigenvalue weighted by molar-refractivity contribution is -0.385. The van der Waals surface area contributed by atoms with Gasteiger partial charge in [0.2, 0.25) is 5.75 Å². The van der Waals surface area contributed by atoms with Gasteiger partial charge in [-0.25, -0.2) is 4.39 Å². The highest BCUT2D eigenvalue weighted by atomic mass is 35.5. The third kappa shape index (κ3) is 2.84. The van der Waals surface area contributed by atoms with Gasteiger partial charge in [0.05, 0.1) is 10.5 Å². The molecule has 0 heterocycles. The summed E-state index contributed by atoms with van der Waals surface area (Å²) in [6.07, 6.45) is 0. The van der Waals surface area contributed by atoms with Gasteiger partial charge in [0.25, 0.3) is 0 Å². The minimum atomic E-state index is -0.698. The van der Waals surface area contributed by atoms with Crippen molar-refractivity contribution in [2.45, 2.75) is 0 Å². The van der Waals surface area contributed by atoms with E-state index < -0.39 is 16.4 Å². The molecule has 0 spiro atoms. The number of nitro benzene ring substituents is 1. The number of nitro groups is 1. The van der Waals surface area contributed by atoms with Gasteiger partial charge in [-0.3, -0.25) is 10.1 Å².